The summed E-state index contributed by atoms with van der Waals surface area (Å²) in [7, 11) is 0. The van der Waals surface area contributed by atoms with Crippen LogP contribution in [0.2, 0.25) is 0 Å². The van der Waals surface area contributed by atoms with E-state index in [9.17, 15) is 9.90 Å². The molecule has 36 heavy (non-hydrogen) atoms. The van der Waals surface area contributed by atoms with Crippen molar-refractivity contribution in [2.75, 3.05) is 18.0 Å². The average Bonchev–Trinajstić information content (AvgIpc) is 3.50. The van der Waals surface area contributed by atoms with Crippen LogP contribution in [0.4, 0.5) is 5.82 Å². The molecule has 1 N–H and O–H groups in total. The molecule has 1 saturated heterocycles. The number of carbonyl (C=O) groups excluding carboxylic acids is 1. The molecule has 4 aromatic rings. The average molecular weight is 503 g/mol. The van der Waals surface area contributed by atoms with Crippen LogP contribution in [0.5, 0.6) is 5.75 Å². The second kappa shape index (κ2) is 9.00. The number of aromatic nitrogens is 3. The fourth-order valence-corrected chi connectivity index (χ4v) is 6.96. The van der Waals surface area contributed by atoms with Crippen LogP contribution in [0.1, 0.15) is 62.0 Å². The summed E-state index contributed by atoms with van der Waals surface area (Å²) >= 11 is 1.80. The summed E-state index contributed by atoms with van der Waals surface area (Å²) in [6, 6.07) is 13.4. The first-order valence-electron chi connectivity index (χ1n) is 12.7. The van der Waals surface area contributed by atoms with Crippen molar-refractivity contribution >= 4 is 33.7 Å². The molecule has 4 heterocycles. The molecule has 2 fully saturated rings. The van der Waals surface area contributed by atoms with E-state index < -0.39 is 0 Å². The Bertz CT molecular complexity index is 1390. The van der Waals surface area contributed by atoms with Crippen LogP contribution in [-0.2, 0) is 4.79 Å². The van der Waals surface area contributed by atoms with Crippen LogP contribution in [0, 0.1) is 11.3 Å². The molecule has 0 bridgehead atoms. The Morgan fingerprint density at radius 1 is 1.14 bits per heavy atom. The van der Waals surface area contributed by atoms with Crippen LogP contribution in [0.15, 0.2) is 47.0 Å². The van der Waals surface area contributed by atoms with E-state index in [0.29, 0.717) is 28.4 Å². The highest BCUT2D eigenvalue weighted by Crippen LogP contribution is 2.58. The highest BCUT2D eigenvalue weighted by molar-refractivity contribution is 7.19. The molecule has 1 unspecified atom stereocenters. The van der Waals surface area contributed by atoms with Gasteiger partial charge < -0.3 is 19.3 Å². The number of para-hydroxylation sites is 1. The minimum absolute atomic E-state index is 0.191. The fourth-order valence-electron chi connectivity index (χ4n) is 5.82. The van der Waals surface area contributed by atoms with Gasteiger partial charge in [-0.3, -0.25) is 0 Å². The van der Waals surface area contributed by atoms with Crippen LogP contribution >= 0.6 is 11.3 Å². The summed E-state index contributed by atoms with van der Waals surface area (Å²) < 4.78 is 6.64. The van der Waals surface area contributed by atoms with Crippen molar-refractivity contribution < 1.29 is 14.4 Å². The van der Waals surface area contributed by atoms with Crippen molar-refractivity contribution in [3.8, 4) is 17.0 Å². The molecular formula is C28H30N4O3S. The molecule has 8 heteroatoms. The van der Waals surface area contributed by atoms with E-state index in [2.05, 4.69) is 26.3 Å². The third-order valence-electron chi connectivity index (χ3n) is 8.09. The first kappa shape index (κ1) is 23.2. The Hall–Kier alpha value is -3.26. The van der Waals surface area contributed by atoms with Crippen molar-refractivity contribution in [3.63, 3.8) is 0 Å². The highest BCUT2D eigenvalue weighted by atomic mass is 32.1. The molecule has 3 aromatic heterocycles. The summed E-state index contributed by atoms with van der Waals surface area (Å²) in [4.78, 5) is 15.1. The fraction of sp³-hybridized carbons (Fsp3) is 0.429. The van der Waals surface area contributed by atoms with Crippen LogP contribution in [0.3, 0.4) is 0 Å². The zero-order chi connectivity index (χ0) is 24.9. The van der Waals surface area contributed by atoms with Gasteiger partial charge in [0, 0.05) is 29.6 Å². The molecule has 186 valence electrons. The smallest absolute Gasteiger partial charge is 0.172 e. The maximum absolute atomic E-state index is 11.4. The van der Waals surface area contributed by atoms with Gasteiger partial charge in [-0.15, -0.1) is 21.5 Å². The van der Waals surface area contributed by atoms with Gasteiger partial charge in [0.1, 0.15) is 23.3 Å². The number of aldehydes is 1. The number of piperidine rings is 1. The number of anilines is 1. The van der Waals surface area contributed by atoms with E-state index in [1.807, 2.05) is 44.2 Å². The van der Waals surface area contributed by atoms with Crippen molar-refractivity contribution in [1.82, 2.24) is 15.4 Å². The van der Waals surface area contributed by atoms with Crippen LogP contribution in [-0.4, -0.2) is 39.8 Å². The van der Waals surface area contributed by atoms with E-state index in [1.54, 1.807) is 17.4 Å². The quantitative estimate of drug-likeness (QED) is 0.316. The van der Waals surface area contributed by atoms with Gasteiger partial charge in [-0.05, 0) is 67.2 Å². The molecule has 1 aliphatic carbocycles. The second-order valence-electron chi connectivity index (χ2n) is 10.7. The number of benzene rings is 1. The molecule has 0 amide bonds. The third-order valence-corrected chi connectivity index (χ3v) is 9.32. The Morgan fingerprint density at radius 2 is 1.92 bits per heavy atom. The summed E-state index contributed by atoms with van der Waals surface area (Å²) in [5.41, 5.74) is 2.75. The number of hydrogen-bond donors (Lipinski definition) is 1. The molecule has 1 aliphatic heterocycles. The molecule has 1 spiro atoms. The number of nitrogens with zero attached hydrogens (tertiary/aromatic N) is 4. The van der Waals surface area contributed by atoms with Crippen molar-refractivity contribution in [3.05, 3.63) is 53.1 Å². The zero-order valence-electron chi connectivity index (χ0n) is 20.6. The van der Waals surface area contributed by atoms with E-state index in [0.717, 1.165) is 48.3 Å². The summed E-state index contributed by atoms with van der Waals surface area (Å²) in [6.07, 6.45) is 5.67. The molecule has 1 atom stereocenters. The van der Waals surface area contributed by atoms with Crippen molar-refractivity contribution in [2.24, 2.45) is 11.3 Å². The molecule has 6 rings (SSSR count). The van der Waals surface area contributed by atoms with E-state index in [1.165, 1.54) is 17.7 Å². The molecule has 0 radical (unpaired) electrons. The van der Waals surface area contributed by atoms with Crippen LogP contribution < -0.4 is 4.90 Å². The largest absolute Gasteiger partial charge is 0.507 e. The number of phenols is 1. The summed E-state index contributed by atoms with van der Waals surface area (Å²) in [5.74, 6) is 2.26. The molecule has 7 nitrogen and oxygen atoms in total. The lowest BCUT2D eigenvalue weighted by atomic mass is 9.57. The lowest BCUT2D eigenvalue weighted by Crippen LogP contribution is -2.46. The van der Waals surface area contributed by atoms with Crippen molar-refractivity contribution in [1.29, 1.82) is 0 Å². The highest BCUT2D eigenvalue weighted by Gasteiger charge is 2.47. The van der Waals surface area contributed by atoms with E-state index in [-0.39, 0.29) is 17.6 Å². The molecule has 1 aromatic carbocycles. The first-order chi connectivity index (χ1) is 17.4. The minimum Gasteiger partial charge on any atom is -0.507 e. The lowest BCUT2D eigenvalue weighted by molar-refractivity contribution is -0.110. The summed E-state index contributed by atoms with van der Waals surface area (Å²) in [5, 5.41) is 23.3. The van der Waals surface area contributed by atoms with Crippen LogP contribution in [0.25, 0.3) is 21.5 Å². The zero-order valence-corrected chi connectivity index (χ0v) is 21.4. The summed E-state index contributed by atoms with van der Waals surface area (Å²) in [6.45, 7) is 5.98. The topological polar surface area (TPSA) is 92.4 Å². The van der Waals surface area contributed by atoms with Gasteiger partial charge >= 0.3 is 0 Å². The van der Waals surface area contributed by atoms with E-state index in [4.69, 9.17) is 4.52 Å². The SMILES string of the molecule is CC(C)C(C=O)c1cc(N2CCC3(CC2)CC(c2cc4nnc(-c5ccccc5O)cc4s2)C3)no1. The number of aromatic hydroxyl groups is 1. The number of rotatable bonds is 6. The Labute approximate surface area is 214 Å². The number of hydrogen-bond acceptors (Lipinski definition) is 8. The van der Waals surface area contributed by atoms with Gasteiger partial charge in [0.15, 0.2) is 5.82 Å². The Balaban J connectivity index is 1.10. The number of phenolic OH excluding ortho intramolecular Hbond substituents is 1. The standard InChI is InChI=1S/C28H30N4O3S/c1-17(2)20(16-33)24-13-27(31-35-24)32-9-7-28(8-10-32)14-18(15-28)25-12-22-26(36-25)11-21(29-30-22)19-5-3-4-6-23(19)34/h3-6,11-13,16-18,20,34H,7-10,14-15H2,1-2H3. The van der Waals surface area contributed by atoms with Gasteiger partial charge in [-0.25, -0.2) is 0 Å². The van der Waals surface area contributed by atoms with Gasteiger partial charge in [0.05, 0.1) is 16.3 Å². The Morgan fingerprint density at radius 3 is 2.64 bits per heavy atom. The monoisotopic (exact) mass is 502 g/mol. The van der Waals surface area contributed by atoms with Gasteiger partial charge in [-0.1, -0.05) is 31.1 Å². The number of carbonyl (C=O) groups is 1. The van der Waals surface area contributed by atoms with Crippen molar-refractivity contribution in [2.45, 2.75) is 51.4 Å². The predicted molar refractivity (Wildman–Crippen MR) is 141 cm³/mol. The molecular weight excluding hydrogens is 472 g/mol. The maximum atomic E-state index is 11.4. The minimum atomic E-state index is -0.241. The van der Waals surface area contributed by atoms with Gasteiger partial charge in [-0.2, -0.15) is 0 Å². The molecule has 2 aliphatic rings. The number of fused-ring (bicyclic) bond motifs is 1. The lowest BCUT2D eigenvalue weighted by Gasteiger charge is -2.52. The predicted octanol–water partition coefficient (Wildman–Crippen LogP) is 6.15. The maximum Gasteiger partial charge on any atom is 0.172 e. The molecule has 1 saturated carbocycles. The first-order valence-corrected chi connectivity index (χ1v) is 13.5. The van der Waals surface area contributed by atoms with Gasteiger partial charge in [0.2, 0.25) is 0 Å². The third kappa shape index (κ3) is 4.07. The number of thiophene rings is 1. The normalized spacial score (nSPS) is 18.6. The second-order valence-corrected chi connectivity index (χ2v) is 11.8. The van der Waals surface area contributed by atoms with E-state index >= 15 is 0 Å². The van der Waals surface area contributed by atoms with Gasteiger partial charge in [0.25, 0.3) is 0 Å². The Kier molecular flexibility index (Phi) is 5.79.